The van der Waals surface area contributed by atoms with Crippen molar-refractivity contribution in [2.75, 3.05) is 5.73 Å². The largest absolute Gasteiger partial charge is 0.397 e. The van der Waals surface area contributed by atoms with Crippen LogP contribution in [0.1, 0.15) is 19.5 Å². The molecule has 4 heteroatoms. The molecule has 0 saturated carbocycles. The maximum Gasteiger partial charge on any atom is 0.223 e. The van der Waals surface area contributed by atoms with Gasteiger partial charge in [0.1, 0.15) is 0 Å². The zero-order valence-corrected chi connectivity index (χ0v) is 10.1. The van der Waals surface area contributed by atoms with Gasteiger partial charge in [-0.15, -0.1) is 0 Å². The smallest absolute Gasteiger partial charge is 0.223 e. The number of nitrogens with two attached hydrogens (primary N) is 1. The van der Waals surface area contributed by atoms with E-state index >= 15 is 0 Å². The SMILES string of the molecule is CC(C)Cc1nc(Cl)nc2c(N)cccc12. The van der Waals surface area contributed by atoms with Crippen LogP contribution >= 0.6 is 11.6 Å². The highest BCUT2D eigenvalue weighted by Gasteiger charge is 2.09. The maximum atomic E-state index is 5.90. The number of para-hydroxylation sites is 1. The lowest BCUT2D eigenvalue weighted by Crippen LogP contribution is -2.01. The highest BCUT2D eigenvalue weighted by Crippen LogP contribution is 2.24. The van der Waals surface area contributed by atoms with Gasteiger partial charge in [0.05, 0.1) is 16.9 Å². The second kappa shape index (κ2) is 4.26. The van der Waals surface area contributed by atoms with Crippen molar-refractivity contribution in [1.82, 2.24) is 9.97 Å². The molecule has 1 aromatic heterocycles. The number of rotatable bonds is 2. The molecule has 0 aliphatic heterocycles. The molecule has 0 atom stereocenters. The minimum Gasteiger partial charge on any atom is -0.397 e. The summed E-state index contributed by atoms with van der Waals surface area (Å²) in [6.45, 7) is 4.29. The first-order valence-corrected chi connectivity index (χ1v) is 5.66. The number of aromatic nitrogens is 2. The van der Waals surface area contributed by atoms with Crippen molar-refractivity contribution < 1.29 is 0 Å². The van der Waals surface area contributed by atoms with Crippen molar-refractivity contribution in [1.29, 1.82) is 0 Å². The highest BCUT2D eigenvalue weighted by atomic mass is 35.5. The van der Waals surface area contributed by atoms with Crippen molar-refractivity contribution in [3.05, 3.63) is 29.2 Å². The van der Waals surface area contributed by atoms with E-state index in [2.05, 4.69) is 23.8 Å². The number of hydrogen-bond donors (Lipinski definition) is 1. The molecule has 0 bridgehead atoms. The topological polar surface area (TPSA) is 51.8 Å². The van der Waals surface area contributed by atoms with Crippen LogP contribution in [-0.2, 0) is 6.42 Å². The van der Waals surface area contributed by atoms with Crippen LogP contribution in [0.25, 0.3) is 10.9 Å². The Hall–Kier alpha value is -1.35. The quantitative estimate of drug-likeness (QED) is 0.643. The molecule has 0 spiro atoms. The van der Waals surface area contributed by atoms with Gasteiger partial charge in [0.2, 0.25) is 5.28 Å². The van der Waals surface area contributed by atoms with E-state index in [1.54, 1.807) is 0 Å². The minimum atomic E-state index is 0.265. The third kappa shape index (κ3) is 2.09. The van der Waals surface area contributed by atoms with Gasteiger partial charge in [0.15, 0.2) is 0 Å². The third-order valence-electron chi connectivity index (χ3n) is 2.41. The summed E-state index contributed by atoms with van der Waals surface area (Å²) < 4.78 is 0. The van der Waals surface area contributed by atoms with Gasteiger partial charge < -0.3 is 5.73 Å². The average molecular weight is 236 g/mol. The fourth-order valence-electron chi connectivity index (χ4n) is 1.75. The Kier molecular flexibility index (Phi) is 2.97. The summed E-state index contributed by atoms with van der Waals surface area (Å²) in [5, 5.41) is 1.26. The lowest BCUT2D eigenvalue weighted by molar-refractivity contribution is 0.638. The monoisotopic (exact) mass is 235 g/mol. The predicted octanol–water partition coefficient (Wildman–Crippen LogP) is 3.06. The first-order chi connectivity index (χ1) is 7.58. The van der Waals surface area contributed by atoms with Crippen molar-refractivity contribution in [3.8, 4) is 0 Å². The molecule has 0 unspecified atom stereocenters. The van der Waals surface area contributed by atoms with Crippen LogP contribution in [0.3, 0.4) is 0 Å². The summed E-state index contributed by atoms with van der Waals surface area (Å²) in [7, 11) is 0. The van der Waals surface area contributed by atoms with Gasteiger partial charge >= 0.3 is 0 Å². The molecule has 3 nitrogen and oxygen atoms in total. The number of nitrogen functional groups attached to an aromatic ring is 1. The number of hydrogen-bond acceptors (Lipinski definition) is 3. The average Bonchev–Trinajstić information content (AvgIpc) is 2.18. The Morgan fingerprint density at radius 1 is 1.31 bits per heavy atom. The van der Waals surface area contributed by atoms with E-state index in [9.17, 15) is 0 Å². The third-order valence-corrected chi connectivity index (χ3v) is 2.58. The van der Waals surface area contributed by atoms with Crippen LogP contribution in [-0.4, -0.2) is 9.97 Å². The molecule has 0 aliphatic rings. The minimum absolute atomic E-state index is 0.265. The summed E-state index contributed by atoms with van der Waals surface area (Å²) in [4.78, 5) is 8.45. The van der Waals surface area contributed by atoms with Crippen molar-refractivity contribution in [2.24, 2.45) is 5.92 Å². The fourth-order valence-corrected chi connectivity index (χ4v) is 1.94. The van der Waals surface area contributed by atoms with E-state index in [0.29, 0.717) is 11.6 Å². The van der Waals surface area contributed by atoms with E-state index < -0.39 is 0 Å². The zero-order chi connectivity index (χ0) is 11.7. The number of fused-ring (bicyclic) bond motifs is 1. The zero-order valence-electron chi connectivity index (χ0n) is 9.37. The van der Waals surface area contributed by atoms with Crippen LogP contribution in [0, 0.1) is 5.92 Å². The van der Waals surface area contributed by atoms with Crippen LogP contribution in [0.5, 0.6) is 0 Å². The molecule has 0 amide bonds. The molecule has 0 fully saturated rings. The second-order valence-electron chi connectivity index (χ2n) is 4.28. The Labute approximate surface area is 99.7 Å². The van der Waals surface area contributed by atoms with Crippen LogP contribution in [0.2, 0.25) is 5.28 Å². The summed E-state index contributed by atoms with van der Waals surface area (Å²) in [5.74, 6) is 0.524. The number of halogens is 1. The van der Waals surface area contributed by atoms with Crippen molar-refractivity contribution >= 4 is 28.2 Å². The first kappa shape index (κ1) is 11.1. The number of benzene rings is 1. The highest BCUT2D eigenvalue weighted by molar-refractivity contribution is 6.28. The summed E-state index contributed by atoms with van der Waals surface area (Å²) in [6.07, 6.45) is 0.877. The lowest BCUT2D eigenvalue weighted by atomic mass is 10.0. The Morgan fingerprint density at radius 2 is 2.06 bits per heavy atom. The summed E-state index contributed by atoms with van der Waals surface area (Å²) in [5.41, 5.74) is 8.24. The first-order valence-electron chi connectivity index (χ1n) is 5.28. The van der Waals surface area contributed by atoms with Crippen molar-refractivity contribution in [2.45, 2.75) is 20.3 Å². The van der Waals surface area contributed by atoms with E-state index in [1.165, 1.54) is 0 Å². The van der Waals surface area contributed by atoms with Gasteiger partial charge in [-0.05, 0) is 30.0 Å². The predicted molar refractivity (Wildman–Crippen MR) is 67.5 cm³/mol. The molecule has 0 radical (unpaired) electrons. The Balaban J connectivity index is 2.68. The molecule has 2 N–H and O–H groups in total. The van der Waals surface area contributed by atoms with E-state index in [-0.39, 0.29) is 5.28 Å². The molecule has 84 valence electrons. The normalized spacial score (nSPS) is 11.2. The molecular weight excluding hydrogens is 222 g/mol. The van der Waals surface area contributed by atoms with Gasteiger partial charge in [-0.25, -0.2) is 9.97 Å². The van der Waals surface area contributed by atoms with E-state index in [4.69, 9.17) is 17.3 Å². The number of nitrogens with zero attached hydrogens (tertiary/aromatic N) is 2. The number of anilines is 1. The molecule has 2 aromatic rings. The molecule has 2 rings (SSSR count). The molecule has 1 heterocycles. The Bertz CT molecular complexity index is 523. The van der Waals surface area contributed by atoms with Gasteiger partial charge in [-0.1, -0.05) is 26.0 Å². The van der Waals surface area contributed by atoms with Gasteiger partial charge in [-0.3, -0.25) is 0 Å². The molecule has 0 saturated heterocycles. The van der Waals surface area contributed by atoms with Crippen molar-refractivity contribution in [3.63, 3.8) is 0 Å². The van der Waals surface area contributed by atoms with E-state index in [0.717, 1.165) is 23.0 Å². The Morgan fingerprint density at radius 3 is 2.75 bits per heavy atom. The standard InChI is InChI=1S/C12H14ClN3/c1-7(2)6-10-8-4-3-5-9(14)11(8)16-12(13)15-10/h3-5,7H,6,14H2,1-2H3. The maximum absolute atomic E-state index is 5.90. The van der Waals surface area contributed by atoms with Crippen LogP contribution in [0.15, 0.2) is 18.2 Å². The lowest BCUT2D eigenvalue weighted by Gasteiger charge is -2.09. The summed E-state index contributed by atoms with van der Waals surface area (Å²) in [6, 6.07) is 5.73. The second-order valence-corrected chi connectivity index (χ2v) is 4.62. The summed E-state index contributed by atoms with van der Waals surface area (Å²) >= 11 is 5.90. The van der Waals surface area contributed by atoms with Gasteiger partial charge in [0.25, 0.3) is 0 Å². The molecule has 0 aliphatic carbocycles. The van der Waals surface area contributed by atoms with Crippen LogP contribution in [0.4, 0.5) is 5.69 Å². The fraction of sp³-hybridized carbons (Fsp3) is 0.333. The van der Waals surface area contributed by atoms with Gasteiger partial charge in [-0.2, -0.15) is 0 Å². The van der Waals surface area contributed by atoms with Gasteiger partial charge in [0, 0.05) is 5.39 Å². The molecule has 16 heavy (non-hydrogen) atoms. The van der Waals surface area contributed by atoms with Crippen LogP contribution < -0.4 is 5.73 Å². The molecular formula is C12H14ClN3. The molecule has 1 aromatic carbocycles. The van der Waals surface area contributed by atoms with E-state index in [1.807, 2.05) is 18.2 Å².